The molecule has 1 aromatic carbocycles. The maximum atomic E-state index is 13.0. The predicted octanol–water partition coefficient (Wildman–Crippen LogP) is 3.74. The van der Waals surface area contributed by atoms with E-state index in [1.165, 1.54) is 11.6 Å². The second-order valence-electron chi connectivity index (χ2n) is 4.93. The number of anilines is 1. The molecule has 0 fully saturated rings. The molecule has 2 heterocycles. The molecule has 0 atom stereocenters. The number of nitrogens with two attached hydrogens (primary N) is 1. The van der Waals surface area contributed by atoms with Crippen molar-refractivity contribution in [3.63, 3.8) is 0 Å². The highest BCUT2D eigenvalue weighted by molar-refractivity contribution is 5.85. The molecule has 3 rings (SSSR count). The van der Waals surface area contributed by atoms with Gasteiger partial charge < -0.3 is 10.3 Å². The van der Waals surface area contributed by atoms with Crippen LogP contribution < -0.4 is 5.73 Å². The van der Waals surface area contributed by atoms with Crippen LogP contribution in [0, 0.1) is 19.7 Å². The molecule has 0 saturated carbocycles. The van der Waals surface area contributed by atoms with Crippen LogP contribution in [-0.4, -0.2) is 10.1 Å². The molecule has 21 heavy (non-hydrogen) atoms. The summed E-state index contributed by atoms with van der Waals surface area (Å²) < 4.78 is 18.3. The predicted molar refractivity (Wildman–Crippen MR) is 79.0 cm³/mol. The van der Waals surface area contributed by atoms with Crippen molar-refractivity contribution in [2.24, 2.45) is 0 Å². The summed E-state index contributed by atoms with van der Waals surface area (Å²) in [4.78, 5) is 4.02. The fraction of sp³-hybridized carbons (Fsp3) is 0.125. The summed E-state index contributed by atoms with van der Waals surface area (Å²) in [7, 11) is 0. The molecule has 0 aliphatic carbocycles. The summed E-state index contributed by atoms with van der Waals surface area (Å²) in [6.45, 7) is 4.07. The van der Waals surface area contributed by atoms with Crippen molar-refractivity contribution < 1.29 is 8.91 Å². The molecule has 0 saturated heterocycles. The van der Waals surface area contributed by atoms with Gasteiger partial charge in [-0.1, -0.05) is 23.4 Å². The molecule has 0 aliphatic rings. The lowest BCUT2D eigenvalue weighted by molar-refractivity contribution is 0.434. The first kappa shape index (κ1) is 13.3. The second-order valence-corrected chi connectivity index (χ2v) is 4.93. The molecule has 2 N–H and O–H groups in total. The molecule has 4 nitrogen and oxygen atoms in total. The number of nitrogen functional groups attached to an aromatic ring is 1. The van der Waals surface area contributed by atoms with Crippen molar-refractivity contribution in [1.29, 1.82) is 0 Å². The Morgan fingerprint density at radius 1 is 1.10 bits per heavy atom. The first-order chi connectivity index (χ1) is 10.1. The zero-order valence-electron chi connectivity index (χ0n) is 11.7. The van der Waals surface area contributed by atoms with Gasteiger partial charge >= 0.3 is 0 Å². The van der Waals surface area contributed by atoms with E-state index in [0.717, 1.165) is 17.3 Å². The molecule has 0 bridgehead atoms. The van der Waals surface area contributed by atoms with Gasteiger partial charge in [0, 0.05) is 0 Å². The smallest absolute Gasteiger partial charge is 0.195 e. The maximum Gasteiger partial charge on any atom is 0.195 e. The molecule has 0 unspecified atom stereocenters. The minimum absolute atomic E-state index is 0.291. The lowest BCUT2D eigenvalue weighted by atomic mass is 9.99. The highest BCUT2D eigenvalue weighted by atomic mass is 19.1. The highest BCUT2D eigenvalue weighted by Gasteiger charge is 2.19. The Labute approximate surface area is 121 Å². The van der Waals surface area contributed by atoms with E-state index in [-0.39, 0.29) is 0 Å². The molecule has 0 radical (unpaired) electrons. The van der Waals surface area contributed by atoms with E-state index < -0.39 is 5.82 Å². The van der Waals surface area contributed by atoms with Gasteiger partial charge in [0.2, 0.25) is 0 Å². The van der Waals surface area contributed by atoms with Crippen molar-refractivity contribution in [2.75, 3.05) is 5.73 Å². The molecule has 5 heteroatoms. The molecule has 0 amide bonds. The summed E-state index contributed by atoms with van der Waals surface area (Å²) in [5.74, 6) is 0.328. The van der Waals surface area contributed by atoms with E-state index in [0.29, 0.717) is 22.8 Å². The van der Waals surface area contributed by atoms with Gasteiger partial charge in [0.05, 0.1) is 11.8 Å². The Balaban J connectivity index is 2.16. The zero-order chi connectivity index (χ0) is 15.0. The molecule has 3 aromatic rings. The van der Waals surface area contributed by atoms with Crippen molar-refractivity contribution in [1.82, 2.24) is 10.1 Å². The van der Waals surface area contributed by atoms with Crippen molar-refractivity contribution in [3.05, 3.63) is 53.5 Å². The van der Waals surface area contributed by atoms with Crippen LogP contribution >= 0.6 is 0 Å². The van der Waals surface area contributed by atoms with Crippen LogP contribution in [-0.2, 0) is 0 Å². The Bertz CT molecular complexity index is 794. The topological polar surface area (TPSA) is 64.9 Å². The third kappa shape index (κ3) is 2.38. The first-order valence-corrected chi connectivity index (χ1v) is 6.51. The van der Waals surface area contributed by atoms with Crippen LogP contribution in [0.5, 0.6) is 0 Å². The summed E-state index contributed by atoms with van der Waals surface area (Å²) >= 11 is 0. The van der Waals surface area contributed by atoms with Crippen LogP contribution in [0.25, 0.3) is 22.6 Å². The monoisotopic (exact) mass is 283 g/mol. The summed E-state index contributed by atoms with van der Waals surface area (Å²) in [6, 6.07) is 8.85. The van der Waals surface area contributed by atoms with E-state index in [1.807, 2.05) is 32.0 Å². The number of rotatable bonds is 2. The van der Waals surface area contributed by atoms with E-state index in [9.17, 15) is 4.39 Å². The summed E-state index contributed by atoms with van der Waals surface area (Å²) in [5.41, 5.74) is 10.3. The number of benzene rings is 1. The number of halogens is 1. The largest absolute Gasteiger partial charge is 0.380 e. The van der Waals surface area contributed by atoms with Gasteiger partial charge in [0.1, 0.15) is 11.5 Å². The third-order valence-electron chi connectivity index (χ3n) is 3.47. The molecule has 106 valence electrons. The number of hydrogen-bond donors (Lipinski definition) is 1. The quantitative estimate of drug-likeness (QED) is 0.778. The number of aromatic nitrogens is 2. The average molecular weight is 283 g/mol. The van der Waals surface area contributed by atoms with E-state index in [2.05, 4.69) is 10.1 Å². The number of nitrogens with zero attached hydrogens (tertiary/aromatic N) is 2. The molecular weight excluding hydrogens is 269 g/mol. The van der Waals surface area contributed by atoms with Crippen LogP contribution in [0.3, 0.4) is 0 Å². The Morgan fingerprint density at radius 3 is 2.57 bits per heavy atom. The van der Waals surface area contributed by atoms with Gasteiger partial charge in [-0.15, -0.1) is 0 Å². The maximum absolute atomic E-state index is 13.0. The number of aryl methyl sites for hydroxylation is 2. The Morgan fingerprint density at radius 2 is 1.90 bits per heavy atom. The standard InChI is InChI=1S/C16H14FN3O/c1-9-3-4-11(7-10(9)2)14-15(21-20-16(14)18)13-6-5-12(17)8-19-13/h3-8H,1-2H3,(H2,18,20). The van der Waals surface area contributed by atoms with E-state index >= 15 is 0 Å². The van der Waals surface area contributed by atoms with Gasteiger partial charge in [0.15, 0.2) is 11.6 Å². The van der Waals surface area contributed by atoms with Gasteiger partial charge in [-0.2, -0.15) is 0 Å². The Hall–Kier alpha value is -2.69. The fourth-order valence-corrected chi connectivity index (χ4v) is 2.16. The highest BCUT2D eigenvalue weighted by Crippen LogP contribution is 2.36. The average Bonchev–Trinajstić information content (AvgIpc) is 2.85. The SMILES string of the molecule is Cc1ccc(-c2c(N)noc2-c2ccc(F)cn2)cc1C. The van der Waals surface area contributed by atoms with Crippen molar-refractivity contribution in [3.8, 4) is 22.6 Å². The zero-order valence-corrected chi connectivity index (χ0v) is 11.7. The van der Waals surface area contributed by atoms with Crippen LogP contribution in [0.15, 0.2) is 41.1 Å². The van der Waals surface area contributed by atoms with Gasteiger partial charge in [0.25, 0.3) is 0 Å². The van der Waals surface area contributed by atoms with Gasteiger partial charge in [-0.05, 0) is 42.7 Å². The molecular formula is C16H14FN3O. The van der Waals surface area contributed by atoms with Crippen molar-refractivity contribution in [2.45, 2.75) is 13.8 Å². The Kier molecular flexibility index (Phi) is 3.17. The van der Waals surface area contributed by atoms with Crippen LogP contribution in [0.1, 0.15) is 11.1 Å². The number of hydrogen-bond acceptors (Lipinski definition) is 4. The van der Waals surface area contributed by atoms with Crippen LogP contribution in [0.2, 0.25) is 0 Å². The lowest BCUT2D eigenvalue weighted by Crippen LogP contribution is -1.91. The summed E-state index contributed by atoms with van der Waals surface area (Å²) in [6.07, 6.45) is 1.14. The van der Waals surface area contributed by atoms with Crippen LogP contribution in [0.4, 0.5) is 10.2 Å². The minimum Gasteiger partial charge on any atom is -0.380 e. The molecule has 0 spiro atoms. The van der Waals surface area contributed by atoms with Crippen molar-refractivity contribution >= 4 is 5.82 Å². The second kappa shape index (κ2) is 5.01. The first-order valence-electron chi connectivity index (χ1n) is 6.51. The molecule has 2 aromatic heterocycles. The lowest BCUT2D eigenvalue weighted by Gasteiger charge is -2.05. The van der Waals surface area contributed by atoms with E-state index in [1.54, 1.807) is 6.07 Å². The fourth-order valence-electron chi connectivity index (χ4n) is 2.16. The third-order valence-corrected chi connectivity index (χ3v) is 3.47. The number of pyridine rings is 1. The normalized spacial score (nSPS) is 10.8. The minimum atomic E-state index is -0.404. The van der Waals surface area contributed by atoms with E-state index in [4.69, 9.17) is 10.3 Å². The van der Waals surface area contributed by atoms with Gasteiger partial charge in [-0.25, -0.2) is 9.37 Å². The molecule has 0 aliphatic heterocycles. The summed E-state index contributed by atoms with van der Waals surface area (Å²) in [5, 5.41) is 3.81. The van der Waals surface area contributed by atoms with Gasteiger partial charge in [-0.3, -0.25) is 0 Å².